The van der Waals surface area contributed by atoms with Crippen molar-refractivity contribution in [2.45, 2.75) is 89.8 Å². The topological polar surface area (TPSA) is 15.3 Å². The van der Waals surface area contributed by atoms with Gasteiger partial charge in [0, 0.05) is 18.1 Å². The Kier molecular flexibility index (Phi) is 5.97. The van der Waals surface area contributed by atoms with Gasteiger partial charge in [0.25, 0.3) is 0 Å². The average Bonchev–Trinajstić information content (AvgIpc) is 2.28. The van der Waals surface area contributed by atoms with E-state index in [0.29, 0.717) is 12.1 Å². The van der Waals surface area contributed by atoms with Crippen LogP contribution >= 0.6 is 0 Å². The highest BCUT2D eigenvalue weighted by atomic mass is 15.2. The van der Waals surface area contributed by atoms with E-state index in [9.17, 15) is 0 Å². The zero-order valence-corrected chi connectivity index (χ0v) is 12.5. The molecule has 0 bridgehead atoms. The van der Waals surface area contributed by atoms with Crippen LogP contribution in [0.25, 0.3) is 0 Å². The van der Waals surface area contributed by atoms with Crippen LogP contribution in [0.15, 0.2) is 0 Å². The second-order valence-electron chi connectivity index (χ2n) is 6.58. The first-order valence-electron chi connectivity index (χ1n) is 8.26. The summed E-state index contributed by atoms with van der Waals surface area (Å²) >= 11 is 0. The van der Waals surface area contributed by atoms with Crippen molar-refractivity contribution in [3.63, 3.8) is 0 Å². The molecule has 2 heteroatoms. The summed E-state index contributed by atoms with van der Waals surface area (Å²) < 4.78 is 0. The smallest absolute Gasteiger partial charge is 0.00952 e. The van der Waals surface area contributed by atoms with Gasteiger partial charge in [-0.3, -0.25) is 0 Å². The Morgan fingerprint density at radius 1 is 0.722 bits per heavy atom. The van der Waals surface area contributed by atoms with Gasteiger partial charge in [0.05, 0.1) is 0 Å². The summed E-state index contributed by atoms with van der Waals surface area (Å²) in [6.45, 7) is 7.31. The molecule has 1 N–H and O–H groups in total. The summed E-state index contributed by atoms with van der Waals surface area (Å²) in [4.78, 5) is 2.82. The first-order chi connectivity index (χ1) is 8.75. The van der Waals surface area contributed by atoms with Crippen LogP contribution in [0.3, 0.4) is 0 Å². The van der Waals surface area contributed by atoms with Crippen molar-refractivity contribution in [3.05, 3.63) is 0 Å². The fraction of sp³-hybridized carbons (Fsp3) is 1.00. The highest BCUT2D eigenvalue weighted by molar-refractivity contribution is 4.80. The normalized spacial score (nSPS) is 34.3. The fourth-order valence-electron chi connectivity index (χ4n) is 3.65. The maximum absolute atomic E-state index is 3.70. The Morgan fingerprint density at radius 2 is 1.22 bits per heavy atom. The largest absolute Gasteiger partial charge is 0.312 e. The van der Waals surface area contributed by atoms with E-state index in [2.05, 4.69) is 24.1 Å². The Morgan fingerprint density at radius 3 is 1.78 bits per heavy atom. The monoisotopic (exact) mass is 252 g/mol. The minimum Gasteiger partial charge on any atom is -0.312 e. The lowest BCUT2D eigenvalue weighted by molar-refractivity contribution is 0.139. The molecule has 18 heavy (non-hydrogen) atoms. The molecule has 1 heterocycles. The summed E-state index contributed by atoms with van der Waals surface area (Å²) in [6.07, 6.45) is 12.9. The summed E-state index contributed by atoms with van der Waals surface area (Å²) in [6, 6.07) is 2.27. The number of nitrogens with one attached hydrogen (secondary N) is 1. The van der Waals surface area contributed by atoms with Crippen LogP contribution in [-0.2, 0) is 0 Å². The number of hydrogen-bond donors (Lipinski definition) is 1. The molecule has 1 saturated carbocycles. The highest BCUT2D eigenvalue weighted by Gasteiger charge is 2.22. The van der Waals surface area contributed by atoms with E-state index in [0.717, 1.165) is 6.04 Å². The lowest BCUT2D eigenvalue weighted by Gasteiger charge is -2.37. The molecule has 2 aliphatic rings. The zero-order valence-electron chi connectivity index (χ0n) is 12.5. The standard InChI is InChI=1S/C16H32N2/c1-14-10-12-18(13-11-15(2)17-14)16-8-6-4-3-5-7-9-16/h14-17H,3-13H2,1-2H3. The minimum atomic E-state index is 0.691. The molecule has 1 aliphatic heterocycles. The fourth-order valence-corrected chi connectivity index (χ4v) is 3.65. The van der Waals surface area contributed by atoms with Crippen molar-refractivity contribution >= 4 is 0 Å². The van der Waals surface area contributed by atoms with E-state index >= 15 is 0 Å². The van der Waals surface area contributed by atoms with Crippen LogP contribution < -0.4 is 5.32 Å². The summed E-state index contributed by atoms with van der Waals surface area (Å²) in [5.74, 6) is 0. The molecule has 0 radical (unpaired) electrons. The molecule has 0 aromatic rings. The van der Waals surface area contributed by atoms with Crippen LogP contribution in [-0.4, -0.2) is 36.1 Å². The van der Waals surface area contributed by atoms with Crippen LogP contribution in [0.4, 0.5) is 0 Å². The van der Waals surface area contributed by atoms with Crippen LogP contribution in [0.1, 0.15) is 71.6 Å². The Hall–Kier alpha value is -0.0800. The van der Waals surface area contributed by atoms with Gasteiger partial charge in [-0.25, -0.2) is 0 Å². The van der Waals surface area contributed by atoms with Crippen LogP contribution in [0, 0.1) is 0 Å². The van der Waals surface area contributed by atoms with Gasteiger partial charge in [-0.2, -0.15) is 0 Å². The lowest BCUT2D eigenvalue weighted by Crippen LogP contribution is -2.46. The lowest BCUT2D eigenvalue weighted by atomic mass is 9.94. The summed E-state index contributed by atoms with van der Waals surface area (Å²) in [5.41, 5.74) is 0. The highest BCUT2D eigenvalue weighted by Crippen LogP contribution is 2.23. The van der Waals surface area contributed by atoms with E-state index in [4.69, 9.17) is 0 Å². The molecule has 0 aromatic heterocycles. The van der Waals surface area contributed by atoms with Gasteiger partial charge < -0.3 is 10.2 Å². The van der Waals surface area contributed by atoms with Gasteiger partial charge >= 0.3 is 0 Å². The molecule has 106 valence electrons. The average molecular weight is 252 g/mol. The summed E-state index contributed by atoms with van der Waals surface area (Å²) in [5, 5.41) is 3.70. The van der Waals surface area contributed by atoms with E-state index in [1.54, 1.807) is 0 Å². The van der Waals surface area contributed by atoms with Crippen LogP contribution in [0.2, 0.25) is 0 Å². The van der Waals surface area contributed by atoms with E-state index in [1.165, 1.54) is 70.9 Å². The predicted molar refractivity (Wildman–Crippen MR) is 79.0 cm³/mol. The van der Waals surface area contributed by atoms with Gasteiger partial charge in [0.1, 0.15) is 0 Å². The van der Waals surface area contributed by atoms with Gasteiger partial charge in [-0.15, -0.1) is 0 Å². The Balaban J connectivity index is 1.87. The molecule has 0 spiro atoms. The molecule has 2 atom stereocenters. The van der Waals surface area contributed by atoms with Crippen LogP contribution in [0.5, 0.6) is 0 Å². The van der Waals surface area contributed by atoms with Crippen molar-refractivity contribution in [2.75, 3.05) is 13.1 Å². The van der Waals surface area contributed by atoms with Gasteiger partial charge in [-0.1, -0.05) is 32.1 Å². The van der Waals surface area contributed by atoms with Gasteiger partial charge in [-0.05, 0) is 52.6 Å². The summed E-state index contributed by atoms with van der Waals surface area (Å²) in [7, 11) is 0. The zero-order chi connectivity index (χ0) is 12.8. The van der Waals surface area contributed by atoms with Crippen molar-refractivity contribution in [1.82, 2.24) is 10.2 Å². The molecule has 2 unspecified atom stereocenters. The molecular weight excluding hydrogens is 220 g/mol. The van der Waals surface area contributed by atoms with E-state index < -0.39 is 0 Å². The maximum Gasteiger partial charge on any atom is 0.00952 e. The Labute approximate surface area is 114 Å². The quantitative estimate of drug-likeness (QED) is 0.767. The molecule has 2 fully saturated rings. The SMILES string of the molecule is CC1CCN(C2CCCCCCC2)CCC(C)N1. The minimum absolute atomic E-state index is 0.691. The number of rotatable bonds is 1. The molecule has 2 nitrogen and oxygen atoms in total. The second kappa shape index (κ2) is 7.49. The second-order valence-corrected chi connectivity index (χ2v) is 6.58. The van der Waals surface area contributed by atoms with E-state index in [1.807, 2.05) is 0 Å². The third kappa shape index (κ3) is 4.55. The first-order valence-corrected chi connectivity index (χ1v) is 8.26. The molecular formula is C16H32N2. The molecule has 0 aromatic carbocycles. The Bertz CT molecular complexity index is 209. The predicted octanol–water partition coefficient (Wildman–Crippen LogP) is 3.56. The van der Waals surface area contributed by atoms with E-state index in [-0.39, 0.29) is 0 Å². The van der Waals surface area contributed by atoms with Crippen molar-refractivity contribution < 1.29 is 0 Å². The van der Waals surface area contributed by atoms with Gasteiger partial charge in [0.15, 0.2) is 0 Å². The number of hydrogen-bond acceptors (Lipinski definition) is 2. The molecule has 0 amide bonds. The van der Waals surface area contributed by atoms with Crippen molar-refractivity contribution in [2.24, 2.45) is 0 Å². The van der Waals surface area contributed by atoms with Crippen molar-refractivity contribution in [3.8, 4) is 0 Å². The third-order valence-electron chi connectivity index (χ3n) is 4.86. The molecule has 2 rings (SSSR count). The third-order valence-corrected chi connectivity index (χ3v) is 4.86. The molecule has 1 saturated heterocycles. The van der Waals surface area contributed by atoms with Gasteiger partial charge in [0.2, 0.25) is 0 Å². The maximum atomic E-state index is 3.70. The number of nitrogens with zero attached hydrogens (tertiary/aromatic N) is 1. The molecule has 1 aliphatic carbocycles. The van der Waals surface area contributed by atoms with Crippen molar-refractivity contribution in [1.29, 1.82) is 0 Å². The first kappa shape index (κ1) is 14.3.